The van der Waals surface area contributed by atoms with E-state index in [1.807, 2.05) is 25.1 Å². The van der Waals surface area contributed by atoms with Gasteiger partial charge in [-0.25, -0.2) is 4.79 Å². The van der Waals surface area contributed by atoms with Crippen LogP contribution in [0.5, 0.6) is 11.5 Å². The highest BCUT2D eigenvalue weighted by Gasteiger charge is 2.51. The first-order valence-electron chi connectivity index (χ1n) is 11.6. The molecule has 0 unspecified atom stereocenters. The molecule has 4 aliphatic carbocycles. The van der Waals surface area contributed by atoms with Crippen molar-refractivity contribution in [2.24, 2.45) is 17.8 Å². The van der Waals surface area contributed by atoms with Gasteiger partial charge in [-0.05, 0) is 80.9 Å². The SMILES string of the molecule is CCOc1ccc(CNC(=O)CCNC(=O)NC23CC4CC(CC(C4)C2)C3)cc1OC. The highest BCUT2D eigenvalue weighted by Crippen LogP contribution is 2.55. The van der Waals surface area contributed by atoms with Crippen LogP contribution in [0.2, 0.25) is 0 Å². The van der Waals surface area contributed by atoms with E-state index in [0.29, 0.717) is 31.2 Å². The van der Waals surface area contributed by atoms with Gasteiger partial charge in [0.05, 0.1) is 13.7 Å². The summed E-state index contributed by atoms with van der Waals surface area (Å²) in [6.07, 6.45) is 7.67. The number of nitrogens with one attached hydrogen (secondary N) is 3. The number of hydrogen-bond donors (Lipinski definition) is 3. The summed E-state index contributed by atoms with van der Waals surface area (Å²) < 4.78 is 10.9. The Morgan fingerprint density at radius 1 is 1.03 bits per heavy atom. The van der Waals surface area contributed by atoms with Crippen molar-refractivity contribution in [2.45, 2.75) is 64.0 Å². The molecule has 5 rings (SSSR count). The Kier molecular flexibility index (Phi) is 6.58. The molecule has 0 saturated heterocycles. The number of urea groups is 1. The van der Waals surface area contributed by atoms with Gasteiger partial charge in [0.25, 0.3) is 0 Å². The van der Waals surface area contributed by atoms with Gasteiger partial charge in [-0.1, -0.05) is 6.07 Å². The fourth-order valence-electron chi connectivity index (χ4n) is 6.22. The molecule has 31 heavy (non-hydrogen) atoms. The average Bonchev–Trinajstić information content (AvgIpc) is 2.71. The fraction of sp³-hybridized carbons (Fsp3) is 0.667. The predicted octanol–water partition coefficient (Wildman–Crippen LogP) is 3.37. The molecule has 7 nitrogen and oxygen atoms in total. The summed E-state index contributed by atoms with van der Waals surface area (Å²) in [5, 5.41) is 9.05. The largest absolute Gasteiger partial charge is 0.493 e. The standard InChI is InChI=1S/C24H35N3O4/c1-3-31-20-5-4-16(11-21(20)30-2)15-26-22(28)6-7-25-23(29)27-24-12-17-8-18(13-24)10-19(9-17)14-24/h4-5,11,17-19H,3,6-10,12-15H2,1-2H3,(H,26,28)(H2,25,27,29). The van der Waals surface area contributed by atoms with Crippen LogP contribution in [0.3, 0.4) is 0 Å². The van der Waals surface area contributed by atoms with E-state index in [4.69, 9.17) is 9.47 Å². The fourth-order valence-corrected chi connectivity index (χ4v) is 6.22. The molecule has 1 aromatic rings. The van der Waals surface area contributed by atoms with Crippen LogP contribution in [0, 0.1) is 17.8 Å². The first-order chi connectivity index (χ1) is 15.0. The molecule has 4 fully saturated rings. The van der Waals surface area contributed by atoms with Gasteiger partial charge in [-0.15, -0.1) is 0 Å². The molecule has 4 saturated carbocycles. The summed E-state index contributed by atoms with van der Waals surface area (Å²) >= 11 is 0. The van der Waals surface area contributed by atoms with Gasteiger partial charge in [0.15, 0.2) is 11.5 Å². The van der Waals surface area contributed by atoms with E-state index in [1.54, 1.807) is 7.11 Å². The van der Waals surface area contributed by atoms with Crippen LogP contribution < -0.4 is 25.4 Å². The van der Waals surface area contributed by atoms with Crippen molar-refractivity contribution in [3.05, 3.63) is 23.8 Å². The van der Waals surface area contributed by atoms with Gasteiger partial charge in [-0.2, -0.15) is 0 Å². The number of hydrogen-bond acceptors (Lipinski definition) is 4. The molecule has 3 amide bonds. The molecule has 0 atom stereocenters. The Morgan fingerprint density at radius 3 is 2.32 bits per heavy atom. The molecule has 0 aliphatic heterocycles. The number of rotatable bonds is 9. The molecule has 0 radical (unpaired) electrons. The Bertz CT molecular complexity index is 775. The predicted molar refractivity (Wildman–Crippen MR) is 118 cm³/mol. The van der Waals surface area contributed by atoms with Gasteiger partial charge in [0, 0.05) is 25.0 Å². The van der Waals surface area contributed by atoms with Crippen molar-refractivity contribution in [1.82, 2.24) is 16.0 Å². The first kappa shape index (κ1) is 21.8. The molecule has 0 aromatic heterocycles. The molecule has 1 aromatic carbocycles. The second kappa shape index (κ2) is 9.37. The van der Waals surface area contributed by atoms with Crippen molar-refractivity contribution < 1.29 is 19.1 Å². The molecule has 170 valence electrons. The third kappa shape index (κ3) is 5.25. The van der Waals surface area contributed by atoms with E-state index >= 15 is 0 Å². The van der Waals surface area contributed by atoms with Gasteiger partial charge in [0.1, 0.15) is 0 Å². The van der Waals surface area contributed by atoms with E-state index in [9.17, 15) is 9.59 Å². The normalized spacial score (nSPS) is 28.1. The van der Waals surface area contributed by atoms with Crippen LogP contribution in [0.25, 0.3) is 0 Å². The average molecular weight is 430 g/mol. The summed E-state index contributed by atoms with van der Waals surface area (Å²) in [6, 6.07) is 5.49. The van der Waals surface area contributed by atoms with Crippen LogP contribution in [0.1, 0.15) is 57.4 Å². The molecular formula is C24H35N3O4. The number of benzene rings is 1. The van der Waals surface area contributed by atoms with E-state index in [-0.39, 0.29) is 23.9 Å². The lowest BCUT2D eigenvalue weighted by Gasteiger charge is -2.56. The van der Waals surface area contributed by atoms with Gasteiger partial charge in [-0.3, -0.25) is 4.79 Å². The Labute approximate surface area is 184 Å². The zero-order valence-corrected chi connectivity index (χ0v) is 18.7. The molecule has 3 N–H and O–H groups in total. The quantitative estimate of drug-likeness (QED) is 0.562. The topological polar surface area (TPSA) is 88.7 Å². The zero-order valence-electron chi connectivity index (χ0n) is 18.7. The van der Waals surface area contributed by atoms with Crippen molar-refractivity contribution in [1.29, 1.82) is 0 Å². The summed E-state index contributed by atoms with van der Waals surface area (Å²) in [5.41, 5.74) is 0.925. The van der Waals surface area contributed by atoms with Crippen molar-refractivity contribution >= 4 is 11.9 Å². The lowest BCUT2D eigenvalue weighted by Crippen LogP contribution is -2.61. The van der Waals surface area contributed by atoms with Crippen molar-refractivity contribution in [3.63, 3.8) is 0 Å². The summed E-state index contributed by atoms with van der Waals surface area (Å²) in [7, 11) is 1.60. The molecule has 7 heteroatoms. The van der Waals surface area contributed by atoms with Crippen LogP contribution in [0.4, 0.5) is 4.79 Å². The van der Waals surface area contributed by atoms with Crippen molar-refractivity contribution in [3.8, 4) is 11.5 Å². The van der Waals surface area contributed by atoms with Crippen molar-refractivity contribution in [2.75, 3.05) is 20.3 Å². The second-order valence-corrected chi connectivity index (χ2v) is 9.52. The minimum absolute atomic E-state index is 0.00615. The van der Waals surface area contributed by atoms with E-state index in [0.717, 1.165) is 42.6 Å². The lowest BCUT2D eigenvalue weighted by molar-refractivity contribution is -0.121. The minimum Gasteiger partial charge on any atom is -0.493 e. The summed E-state index contributed by atoms with van der Waals surface area (Å²) in [4.78, 5) is 24.7. The highest BCUT2D eigenvalue weighted by molar-refractivity contribution is 5.78. The third-order valence-electron chi connectivity index (χ3n) is 7.07. The number of amides is 3. The highest BCUT2D eigenvalue weighted by atomic mass is 16.5. The maximum Gasteiger partial charge on any atom is 0.315 e. The number of carbonyl (C=O) groups excluding carboxylic acids is 2. The molecule has 0 heterocycles. The van der Waals surface area contributed by atoms with Crippen LogP contribution in [0.15, 0.2) is 18.2 Å². The van der Waals surface area contributed by atoms with Gasteiger partial charge >= 0.3 is 6.03 Å². The molecular weight excluding hydrogens is 394 g/mol. The molecule has 4 aliphatic rings. The van der Waals surface area contributed by atoms with E-state index in [2.05, 4.69) is 16.0 Å². The van der Waals surface area contributed by atoms with E-state index in [1.165, 1.54) is 19.3 Å². The summed E-state index contributed by atoms with van der Waals surface area (Å²) in [5.74, 6) is 3.62. The first-order valence-corrected chi connectivity index (χ1v) is 11.6. The maximum absolute atomic E-state index is 12.5. The van der Waals surface area contributed by atoms with Crippen LogP contribution in [-0.4, -0.2) is 37.7 Å². The molecule has 4 bridgehead atoms. The smallest absolute Gasteiger partial charge is 0.315 e. The lowest BCUT2D eigenvalue weighted by atomic mass is 9.53. The monoisotopic (exact) mass is 429 g/mol. The Morgan fingerprint density at radius 2 is 1.71 bits per heavy atom. The number of methoxy groups -OCH3 is 1. The summed E-state index contributed by atoms with van der Waals surface area (Å²) in [6.45, 7) is 3.22. The Hall–Kier alpha value is -2.44. The molecule has 0 spiro atoms. The second-order valence-electron chi connectivity index (χ2n) is 9.52. The van der Waals surface area contributed by atoms with Crippen LogP contribution >= 0.6 is 0 Å². The van der Waals surface area contributed by atoms with Gasteiger partial charge < -0.3 is 25.4 Å². The minimum atomic E-state index is -0.133. The van der Waals surface area contributed by atoms with E-state index < -0.39 is 0 Å². The number of ether oxygens (including phenoxy) is 2. The maximum atomic E-state index is 12.5. The number of carbonyl (C=O) groups is 2. The van der Waals surface area contributed by atoms with Gasteiger partial charge in [0.2, 0.25) is 5.91 Å². The zero-order chi connectivity index (χ0) is 21.8. The third-order valence-corrected chi connectivity index (χ3v) is 7.07. The van der Waals surface area contributed by atoms with Crippen LogP contribution in [-0.2, 0) is 11.3 Å². The Balaban J connectivity index is 1.17.